The van der Waals surface area contributed by atoms with E-state index in [0.717, 1.165) is 27.6 Å². The Kier molecular flexibility index (Phi) is 4.19. The number of para-hydroxylation sites is 1. The van der Waals surface area contributed by atoms with E-state index in [1.165, 1.54) is 0 Å². The maximum Gasteiger partial charge on any atom is 0.255 e. The smallest absolute Gasteiger partial charge is 0.255 e. The largest absolute Gasteiger partial charge is 0.457 e. The monoisotopic (exact) mass is 345 g/mol. The van der Waals surface area contributed by atoms with Gasteiger partial charge in [0.2, 0.25) is 0 Å². The fraction of sp³-hybridized carbons (Fsp3) is 0. The van der Waals surface area contributed by atoms with Crippen molar-refractivity contribution < 1.29 is 9.53 Å². The molecule has 0 bridgehead atoms. The molecule has 122 valence electrons. The summed E-state index contributed by atoms with van der Waals surface area (Å²) in [6.07, 6.45) is 3.79. The van der Waals surface area contributed by atoms with Gasteiger partial charge >= 0.3 is 0 Å². The van der Waals surface area contributed by atoms with Crippen molar-refractivity contribution in [1.29, 1.82) is 0 Å². The molecule has 0 fully saturated rings. The molecule has 0 spiro atoms. The Balaban J connectivity index is 1.53. The standard InChI is InChI=1S/C21H15NO2S/c23-21-16(13-19-7-4-12-25-19)14-20(22-21)15-8-10-18(11-9-15)24-17-5-2-1-3-6-17/h1-14H,(H,22,23). The molecule has 25 heavy (non-hydrogen) atoms. The first-order valence-corrected chi connectivity index (χ1v) is 8.77. The Bertz CT molecular complexity index is 939. The number of hydrogen-bond acceptors (Lipinski definition) is 3. The van der Waals surface area contributed by atoms with E-state index in [2.05, 4.69) is 5.32 Å². The van der Waals surface area contributed by atoms with Crippen molar-refractivity contribution >= 4 is 29.0 Å². The molecule has 1 aliphatic rings. The van der Waals surface area contributed by atoms with Gasteiger partial charge in [0.05, 0.1) is 0 Å². The number of amides is 1. The fourth-order valence-corrected chi connectivity index (χ4v) is 3.23. The predicted octanol–water partition coefficient (Wildman–Crippen LogP) is 5.09. The Morgan fingerprint density at radius 2 is 1.64 bits per heavy atom. The first-order valence-electron chi connectivity index (χ1n) is 7.89. The minimum Gasteiger partial charge on any atom is -0.457 e. The molecular weight excluding hydrogens is 330 g/mol. The summed E-state index contributed by atoms with van der Waals surface area (Å²) < 4.78 is 5.79. The molecule has 1 N–H and O–H groups in total. The molecule has 0 atom stereocenters. The summed E-state index contributed by atoms with van der Waals surface area (Å²) in [7, 11) is 0. The minimum atomic E-state index is -0.0759. The molecule has 2 heterocycles. The van der Waals surface area contributed by atoms with Crippen LogP contribution >= 0.6 is 11.3 Å². The minimum absolute atomic E-state index is 0.0759. The van der Waals surface area contributed by atoms with Crippen LogP contribution in [0.3, 0.4) is 0 Å². The summed E-state index contributed by atoms with van der Waals surface area (Å²) in [5.41, 5.74) is 2.42. The Hall–Kier alpha value is -3.11. The van der Waals surface area contributed by atoms with Gasteiger partial charge in [0.25, 0.3) is 5.91 Å². The van der Waals surface area contributed by atoms with Crippen LogP contribution in [0.1, 0.15) is 10.4 Å². The van der Waals surface area contributed by atoms with E-state index in [1.54, 1.807) is 11.3 Å². The first-order chi connectivity index (χ1) is 12.3. The van der Waals surface area contributed by atoms with E-state index in [-0.39, 0.29) is 5.91 Å². The molecular formula is C21H15NO2S. The van der Waals surface area contributed by atoms with Gasteiger partial charge in [-0.15, -0.1) is 11.3 Å². The summed E-state index contributed by atoms with van der Waals surface area (Å²) in [6, 6.07) is 21.3. The van der Waals surface area contributed by atoms with Gasteiger partial charge in [0.15, 0.2) is 0 Å². The van der Waals surface area contributed by atoms with Crippen LogP contribution in [0.5, 0.6) is 11.5 Å². The van der Waals surface area contributed by atoms with Gasteiger partial charge in [-0.2, -0.15) is 0 Å². The van der Waals surface area contributed by atoms with Crippen molar-refractivity contribution in [3.63, 3.8) is 0 Å². The zero-order valence-electron chi connectivity index (χ0n) is 13.3. The second-order valence-corrected chi connectivity index (χ2v) is 6.55. The highest BCUT2D eigenvalue weighted by Gasteiger charge is 2.19. The highest BCUT2D eigenvalue weighted by molar-refractivity contribution is 7.10. The summed E-state index contributed by atoms with van der Waals surface area (Å²) in [4.78, 5) is 13.2. The molecule has 1 aliphatic heterocycles. The number of benzene rings is 2. The van der Waals surface area contributed by atoms with Crippen LogP contribution in [0.4, 0.5) is 0 Å². The topological polar surface area (TPSA) is 38.3 Å². The molecule has 3 nitrogen and oxygen atoms in total. The number of rotatable bonds is 4. The highest BCUT2D eigenvalue weighted by Crippen LogP contribution is 2.26. The molecule has 2 aromatic carbocycles. The lowest BCUT2D eigenvalue weighted by molar-refractivity contribution is -0.115. The SMILES string of the molecule is O=C1NC(c2ccc(Oc3ccccc3)cc2)=CC1=Cc1cccs1. The molecule has 0 saturated carbocycles. The Morgan fingerprint density at radius 1 is 0.880 bits per heavy atom. The summed E-state index contributed by atoms with van der Waals surface area (Å²) in [5.74, 6) is 1.48. The summed E-state index contributed by atoms with van der Waals surface area (Å²) in [6.45, 7) is 0. The lowest BCUT2D eigenvalue weighted by Gasteiger charge is -2.07. The van der Waals surface area contributed by atoms with E-state index in [9.17, 15) is 4.79 Å². The van der Waals surface area contributed by atoms with Crippen molar-refractivity contribution in [3.05, 3.63) is 94.2 Å². The van der Waals surface area contributed by atoms with Crippen molar-refractivity contribution in [1.82, 2.24) is 5.32 Å². The number of carbonyl (C=O) groups is 1. The molecule has 0 unspecified atom stereocenters. The maximum atomic E-state index is 12.1. The van der Waals surface area contributed by atoms with Crippen molar-refractivity contribution in [2.45, 2.75) is 0 Å². The van der Waals surface area contributed by atoms with E-state index in [0.29, 0.717) is 5.57 Å². The third-order valence-corrected chi connectivity index (χ3v) is 4.61. The number of carbonyl (C=O) groups excluding carboxylic acids is 1. The van der Waals surface area contributed by atoms with Gasteiger partial charge < -0.3 is 10.1 Å². The van der Waals surface area contributed by atoms with Gasteiger partial charge in [0.1, 0.15) is 11.5 Å². The average Bonchev–Trinajstić information content (AvgIpc) is 3.27. The van der Waals surface area contributed by atoms with Crippen molar-refractivity contribution in [2.24, 2.45) is 0 Å². The highest BCUT2D eigenvalue weighted by atomic mass is 32.1. The Morgan fingerprint density at radius 3 is 2.36 bits per heavy atom. The van der Waals surface area contributed by atoms with E-state index < -0.39 is 0 Å². The molecule has 4 heteroatoms. The van der Waals surface area contributed by atoms with Crippen LogP contribution in [0.15, 0.2) is 83.8 Å². The van der Waals surface area contributed by atoms with Crippen LogP contribution < -0.4 is 10.1 Å². The molecule has 0 radical (unpaired) electrons. The zero-order chi connectivity index (χ0) is 17.1. The number of ether oxygens (including phenoxy) is 1. The molecule has 1 aromatic heterocycles. The quantitative estimate of drug-likeness (QED) is 0.669. The van der Waals surface area contributed by atoms with E-state index in [1.807, 2.05) is 84.3 Å². The lowest BCUT2D eigenvalue weighted by atomic mass is 10.1. The number of hydrogen-bond donors (Lipinski definition) is 1. The summed E-state index contributed by atoms with van der Waals surface area (Å²) in [5, 5.41) is 4.91. The average molecular weight is 345 g/mol. The van der Waals surface area contributed by atoms with Gasteiger partial charge in [-0.3, -0.25) is 4.79 Å². The maximum absolute atomic E-state index is 12.1. The molecule has 1 amide bonds. The second-order valence-electron chi connectivity index (χ2n) is 5.57. The second kappa shape index (κ2) is 6.79. The third kappa shape index (κ3) is 3.54. The fourth-order valence-electron chi connectivity index (χ4n) is 2.57. The lowest BCUT2D eigenvalue weighted by Crippen LogP contribution is -2.15. The van der Waals surface area contributed by atoms with Crippen LogP contribution in [0.25, 0.3) is 11.8 Å². The zero-order valence-corrected chi connectivity index (χ0v) is 14.1. The van der Waals surface area contributed by atoms with Crippen LogP contribution in [0.2, 0.25) is 0 Å². The van der Waals surface area contributed by atoms with Crippen molar-refractivity contribution in [3.8, 4) is 11.5 Å². The first kappa shape index (κ1) is 15.4. The van der Waals surface area contributed by atoms with E-state index in [4.69, 9.17) is 4.74 Å². The number of nitrogens with one attached hydrogen (secondary N) is 1. The van der Waals surface area contributed by atoms with Gasteiger partial charge in [-0.1, -0.05) is 24.3 Å². The van der Waals surface area contributed by atoms with Gasteiger partial charge in [-0.25, -0.2) is 0 Å². The third-order valence-electron chi connectivity index (χ3n) is 3.80. The van der Waals surface area contributed by atoms with Crippen LogP contribution in [-0.2, 0) is 4.79 Å². The normalized spacial score (nSPS) is 15.1. The van der Waals surface area contributed by atoms with Crippen LogP contribution in [0, 0.1) is 0 Å². The van der Waals surface area contributed by atoms with Crippen LogP contribution in [-0.4, -0.2) is 5.91 Å². The summed E-state index contributed by atoms with van der Waals surface area (Å²) >= 11 is 1.61. The van der Waals surface area contributed by atoms with E-state index >= 15 is 0 Å². The predicted molar refractivity (Wildman–Crippen MR) is 101 cm³/mol. The van der Waals surface area contributed by atoms with Crippen molar-refractivity contribution in [2.75, 3.05) is 0 Å². The molecule has 3 aromatic rings. The molecule has 0 aliphatic carbocycles. The van der Waals surface area contributed by atoms with Gasteiger partial charge in [-0.05, 0) is 65.6 Å². The van der Waals surface area contributed by atoms with Gasteiger partial charge in [0, 0.05) is 16.1 Å². The number of thiophene rings is 1. The Labute approximate surface area is 149 Å². The molecule has 0 saturated heterocycles. The molecule has 4 rings (SSSR count).